The Labute approximate surface area is 83.8 Å². The van der Waals surface area contributed by atoms with Crippen molar-refractivity contribution in [2.45, 2.75) is 12.8 Å². The molecule has 4 nitrogen and oxygen atoms in total. The van der Waals surface area contributed by atoms with E-state index in [1.165, 1.54) is 0 Å². The molecule has 4 heteroatoms. The van der Waals surface area contributed by atoms with Crippen LogP contribution in [0.1, 0.15) is 12.8 Å². The molecule has 0 bridgehead atoms. The number of rotatable bonds is 2. The Kier molecular flexibility index (Phi) is 3.56. The Morgan fingerprint density at radius 1 is 1.57 bits per heavy atom. The molecule has 1 rings (SSSR count). The lowest BCUT2D eigenvalue weighted by Gasteiger charge is -2.00. The van der Waals surface area contributed by atoms with Crippen molar-refractivity contribution in [2.75, 3.05) is 14.1 Å². The summed E-state index contributed by atoms with van der Waals surface area (Å²) in [5.74, 6) is 0.440. The zero-order valence-corrected chi connectivity index (χ0v) is 8.58. The van der Waals surface area contributed by atoms with Crippen molar-refractivity contribution in [1.82, 2.24) is 5.32 Å². The standard InChI is InChI=1S/C10H15N3O/c1-4-8(7-5-6-7)13-9(11-2)10(14)12-3/h4,7H,1,5-6H2,2-3H3,(H,12,14). The normalized spacial score (nSPS) is 17.9. The van der Waals surface area contributed by atoms with Crippen LogP contribution in [-0.2, 0) is 4.79 Å². The molecule has 14 heavy (non-hydrogen) atoms. The van der Waals surface area contributed by atoms with E-state index in [1.54, 1.807) is 20.2 Å². The van der Waals surface area contributed by atoms with Gasteiger partial charge in [0.1, 0.15) is 0 Å². The maximum Gasteiger partial charge on any atom is 0.288 e. The smallest absolute Gasteiger partial charge is 0.288 e. The molecule has 1 amide bonds. The SMILES string of the molecule is C=CC(=NC(=NC)C(=O)NC)C1CC1. The molecular weight excluding hydrogens is 178 g/mol. The molecule has 0 heterocycles. The summed E-state index contributed by atoms with van der Waals surface area (Å²) in [4.78, 5) is 19.3. The fourth-order valence-corrected chi connectivity index (χ4v) is 1.12. The van der Waals surface area contributed by atoms with Gasteiger partial charge in [0.05, 0.1) is 0 Å². The maximum absolute atomic E-state index is 11.3. The number of amidine groups is 1. The summed E-state index contributed by atoms with van der Waals surface area (Å²) in [5.41, 5.74) is 0.870. The number of nitrogens with zero attached hydrogens (tertiary/aromatic N) is 2. The third-order valence-electron chi connectivity index (χ3n) is 2.08. The van der Waals surface area contributed by atoms with Crippen molar-refractivity contribution in [3.63, 3.8) is 0 Å². The minimum Gasteiger partial charge on any atom is -0.352 e. The lowest BCUT2D eigenvalue weighted by atomic mass is 10.2. The van der Waals surface area contributed by atoms with Gasteiger partial charge in [0.15, 0.2) is 0 Å². The minimum atomic E-state index is -0.257. The molecule has 1 N–H and O–H groups in total. The quantitative estimate of drug-likeness (QED) is 0.512. The van der Waals surface area contributed by atoms with E-state index >= 15 is 0 Å². The Balaban J connectivity index is 2.79. The van der Waals surface area contributed by atoms with Gasteiger partial charge in [-0.2, -0.15) is 0 Å². The van der Waals surface area contributed by atoms with Crippen molar-refractivity contribution in [3.05, 3.63) is 12.7 Å². The van der Waals surface area contributed by atoms with Crippen LogP contribution in [0, 0.1) is 5.92 Å². The molecule has 0 spiro atoms. The first-order chi connectivity index (χ1) is 6.72. The van der Waals surface area contributed by atoms with Crippen LogP contribution < -0.4 is 5.32 Å². The van der Waals surface area contributed by atoms with Crippen LogP contribution in [0.25, 0.3) is 0 Å². The first-order valence-corrected chi connectivity index (χ1v) is 4.62. The number of amides is 1. The van der Waals surface area contributed by atoms with E-state index in [2.05, 4.69) is 21.9 Å². The third-order valence-corrected chi connectivity index (χ3v) is 2.08. The molecule has 0 unspecified atom stereocenters. The van der Waals surface area contributed by atoms with Crippen molar-refractivity contribution >= 4 is 17.5 Å². The number of carbonyl (C=O) groups excluding carboxylic acids is 1. The van der Waals surface area contributed by atoms with Gasteiger partial charge in [0.25, 0.3) is 5.91 Å². The maximum atomic E-state index is 11.3. The number of carbonyl (C=O) groups is 1. The van der Waals surface area contributed by atoms with Gasteiger partial charge in [0.2, 0.25) is 5.84 Å². The molecule has 0 radical (unpaired) electrons. The molecule has 0 aromatic heterocycles. The predicted molar refractivity (Wildman–Crippen MR) is 57.8 cm³/mol. The summed E-state index contributed by atoms with van der Waals surface area (Å²) in [6, 6.07) is 0. The summed E-state index contributed by atoms with van der Waals surface area (Å²) in [6.07, 6.45) is 3.97. The van der Waals surface area contributed by atoms with E-state index in [-0.39, 0.29) is 11.7 Å². The Morgan fingerprint density at radius 3 is 2.57 bits per heavy atom. The molecule has 0 aromatic carbocycles. The van der Waals surface area contributed by atoms with Crippen LogP contribution in [0.4, 0.5) is 0 Å². The lowest BCUT2D eigenvalue weighted by molar-refractivity contribution is -0.114. The second kappa shape index (κ2) is 4.69. The number of aliphatic imine (C=N–C) groups is 2. The van der Waals surface area contributed by atoms with Crippen LogP contribution in [0.5, 0.6) is 0 Å². The molecular formula is C10H15N3O. The Morgan fingerprint density at radius 2 is 2.21 bits per heavy atom. The fraction of sp³-hybridized carbons (Fsp3) is 0.500. The molecule has 1 aliphatic carbocycles. The summed E-state index contributed by atoms with van der Waals surface area (Å²) >= 11 is 0. The number of hydrogen-bond acceptors (Lipinski definition) is 2. The van der Waals surface area contributed by atoms with Gasteiger partial charge in [-0.3, -0.25) is 9.79 Å². The molecule has 0 saturated heterocycles. The molecule has 0 aliphatic heterocycles. The van der Waals surface area contributed by atoms with Crippen LogP contribution in [0.2, 0.25) is 0 Å². The molecule has 1 aliphatic rings. The number of allylic oxidation sites excluding steroid dienone is 1. The second-order valence-electron chi connectivity index (χ2n) is 3.14. The molecule has 0 aromatic rings. The highest BCUT2D eigenvalue weighted by Gasteiger charge is 2.26. The number of likely N-dealkylation sites (N-methyl/N-ethyl adjacent to an activating group) is 1. The van der Waals surface area contributed by atoms with Crippen LogP contribution >= 0.6 is 0 Å². The largest absolute Gasteiger partial charge is 0.352 e. The summed E-state index contributed by atoms with van der Waals surface area (Å²) in [5, 5.41) is 2.49. The van der Waals surface area contributed by atoms with Crippen molar-refractivity contribution < 1.29 is 4.79 Å². The van der Waals surface area contributed by atoms with Crippen LogP contribution in [-0.4, -0.2) is 31.5 Å². The van der Waals surface area contributed by atoms with Gasteiger partial charge < -0.3 is 5.32 Å². The van der Waals surface area contributed by atoms with Gasteiger partial charge in [0, 0.05) is 25.7 Å². The van der Waals surface area contributed by atoms with E-state index in [9.17, 15) is 4.79 Å². The van der Waals surface area contributed by atoms with Gasteiger partial charge in [-0.15, -0.1) is 0 Å². The highest BCUT2D eigenvalue weighted by atomic mass is 16.2. The molecule has 0 atom stereocenters. The summed E-state index contributed by atoms with van der Waals surface area (Å²) in [7, 11) is 3.12. The van der Waals surface area contributed by atoms with E-state index in [0.717, 1.165) is 18.6 Å². The zero-order valence-electron chi connectivity index (χ0n) is 8.58. The monoisotopic (exact) mass is 193 g/mol. The van der Waals surface area contributed by atoms with Gasteiger partial charge >= 0.3 is 0 Å². The average Bonchev–Trinajstić information content (AvgIpc) is 3.02. The van der Waals surface area contributed by atoms with E-state index in [0.29, 0.717) is 5.92 Å². The average molecular weight is 193 g/mol. The Bertz CT molecular complexity index is 300. The Hall–Kier alpha value is -1.45. The topological polar surface area (TPSA) is 53.8 Å². The predicted octanol–water partition coefficient (Wildman–Crippen LogP) is 0.798. The van der Waals surface area contributed by atoms with Crippen molar-refractivity contribution in [1.29, 1.82) is 0 Å². The fourth-order valence-electron chi connectivity index (χ4n) is 1.12. The second-order valence-corrected chi connectivity index (χ2v) is 3.14. The highest BCUT2D eigenvalue weighted by molar-refractivity contribution is 6.40. The van der Waals surface area contributed by atoms with Crippen LogP contribution in [0.3, 0.4) is 0 Å². The molecule has 76 valence electrons. The van der Waals surface area contributed by atoms with E-state index in [4.69, 9.17) is 0 Å². The van der Waals surface area contributed by atoms with Gasteiger partial charge in [-0.1, -0.05) is 6.58 Å². The van der Waals surface area contributed by atoms with Crippen molar-refractivity contribution in [3.8, 4) is 0 Å². The summed E-state index contributed by atoms with van der Waals surface area (Å²) < 4.78 is 0. The lowest BCUT2D eigenvalue weighted by Crippen LogP contribution is -2.27. The number of hydrogen-bond donors (Lipinski definition) is 1. The first-order valence-electron chi connectivity index (χ1n) is 4.62. The summed E-state index contributed by atoms with van der Waals surface area (Å²) in [6.45, 7) is 3.68. The van der Waals surface area contributed by atoms with E-state index in [1.807, 2.05) is 0 Å². The zero-order chi connectivity index (χ0) is 10.6. The van der Waals surface area contributed by atoms with Gasteiger partial charge in [-0.05, 0) is 18.9 Å². The minimum absolute atomic E-state index is 0.217. The van der Waals surface area contributed by atoms with Crippen LogP contribution in [0.15, 0.2) is 22.6 Å². The van der Waals surface area contributed by atoms with E-state index < -0.39 is 0 Å². The number of nitrogens with one attached hydrogen (secondary N) is 1. The molecule has 1 fully saturated rings. The third kappa shape index (κ3) is 2.52. The molecule has 1 saturated carbocycles. The van der Waals surface area contributed by atoms with Crippen molar-refractivity contribution in [2.24, 2.45) is 15.9 Å². The highest BCUT2D eigenvalue weighted by Crippen LogP contribution is 2.31. The first kappa shape index (κ1) is 10.6. The van der Waals surface area contributed by atoms with Gasteiger partial charge in [-0.25, -0.2) is 4.99 Å².